The summed E-state index contributed by atoms with van der Waals surface area (Å²) in [7, 11) is 0. The summed E-state index contributed by atoms with van der Waals surface area (Å²) in [5.74, 6) is -2.34. The smallest absolute Gasteiger partial charge is 0.272 e. The Balaban J connectivity index is 2.86. The molecule has 1 fully saturated rings. The van der Waals surface area contributed by atoms with Crippen LogP contribution in [0.4, 0.5) is 8.78 Å². The molecule has 0 saturated heterocycles. The summed E-state index contributed by atoms with van der Waals surface area (Å²) in [5, 5.41) is 2.90. The van der Waals surface area contributed by atoms with Crippen LogP contribution in [0.2, 0.25) is 0 Å². The van der Waals surface area contributed by atoms with Gasteiger partial charge in [0.25, 0.3) is 5.92 Å². The lowest BCUT2D eigenvalue weighted by molar-refractivity contribution is 0.0659. The maximum Gasteiger partial charge on any atom is 0.272 e. The number of hydrogen-bond acceptors (Lipinski definition) is 1. The van der Waals surface area contributed by atoms with Crippen molar-refractivity contribution in [3.63, 3.8) is 0 Å². The SMILES string of the molecule is C=C(/C=C\C)C(=C)/C(=C\NC(C)=NC1CCCCC1)C(C)(F)F. The van der Waals surface area contributed by atoms with Crippen molar-refractivity contribution >= 4 is 5.84 Å². The van der Waals surface area contributed by atoms with Gasteiger partial charge in [0.1, 0.15) is 0 Å². The molecule has 1 N–H and O–H groups in total. The zero-order valence-corrected chi connectivity index (χ0v) is 14.5. The Morgan fingerprint density at radius 1 is 1.22 bits per heavy atom. The number of aliphatic imine (C=N–C) groups is 1. The number of hydrogen-bond donors (Lipinski definition) is 1. The van der Waals surface area contributed by atoms with Gasteiger partial charge in [-0.1, -0.05) is 44.6 Å². The van der Waals surface area contributed by atoms with Crippen molar-refractivity contribution < 1.29 is 8.78 Å². The lowest BCUT2D eigenvalue weighted by Gasteiger charge is -2.20. The zero-order chi connectivity index (χ0) is 17.5. The predicted molar refractivity (Wildman–Crippen MR) is 94.9 cm³/mol. The maximum atomic E-state index is 13.9. The summed E-state index contributed by atoms with van der Waals surface area (Å²) < 4.78 is 27.7. The molecule has 4 heteroatoms. The van der Waals surface area contributed by atoms with E-state index in [-0.39, 0.29) is 11.1 Å². The van der Waals surface area contributed by atoms with Gasteiger partial charge >= 0.3 is 0 Å². The minimum absolute atomic E-state index is 0.168. The number of allylic oxidation sites excluding steroid dienone is 5. The van der Waals surface area contributed by atoms with Crippen LogP contribution >= 0.6 is 0 Å². The van der Waals surface area contributed by atoms with Crippen LogP contribution in [0.1, 0.15) is 52.9 Å². The molecule has 1 saturated carbocycles. The Morgan fingerprint density at radius 2 is 1.83 bits per heavy atom. The van der Waals surface area contributed by atoms with Gasteiger partial charge in [-0.15, -0.1) is 0 Å². The second-order valence-electron chi connectivity index (χ2n) is 6.10. The highest BCUT2D eigenvalue weighted by Crippen LogP contribution is 2.31. The third-order valence-corrected chi connectivity index (χ3v) is 3.93. The third kappa shape index (κ3) is 6.51. The maximum absolute atomic E-state index is 13.9. The molecule has 0 atom stereocenters. The van der Waals surface area contributed by atoms with Crippen LogP contribution in [0, 0.1) is 0 Å². The van der Waals surface area contributed by atoms with E-state index in [0.29, 0.717) is 17.5 Å². The summed E-state index contributed by atoms with van der Waals surface area (Å²) in [6, 6.07) is 0.302. The molecule has 0 bridgehead atoms. The average molecular weight is 322 g/mol. The monoisotopic (exact) mass is 322 g/mol. The van der Waals surface area contributed by atoms with Crippen LogP contribution in [-0.4, -0.2) is 17.8 Å². The van der Waals surface area contributed by atoms with Crippen molar-refractivity contribution in [3.05, 3.63) is 48.2 Å². The van der Waals surface area contributed by atoms with Gasteiger partial charge in [-0.25, -0.2) is 8.78 Å². The second kappa shape index (κ2) is 8.80. The standard InChI is InChI=1S/C19H28F2N2/c1-6-10-14(2)15(3)18(19(5,20)21)13-22-16(4)23-17-11-8-7-9-12-17/h6,10,13,17H,2-3,7-9,11-12H2,1,4-5H3,(H,22,23)/b10-6-,18-13+. The zero-order valence-electron chi connectivity index (χ0n) is 14.5. The molecule has 1 aliphatic carbocycles. The molecule has 1 rings (SSSR count). The van der Waals surface area contributed by atoms with Gasteiger partial charge in [0.05, 0.1) is 11.9 Å². The highest BCUT2D eigenvalue weighted by Gasteiger charge is 2.30. The van der Waals surface area contributed by atoms with Crippen molar-refractivity contribution in [2.45, 2.75) is 64.8 Å². The van der Waals surface area contributed by atoms with Crippen LogP contribution in [0.3, 0.4) is 0 Å². The first kappa shape index (κ1) is 19.3. The van der Waals surface area contributed by atoms with Crippen molar-refractivity contribution in [2.75, 3.05) is 0 Å². The Labute approximate surface area is 138 Å². The molecule has 0 heterocycles. The normalized spacial score (nSPS) is 18.3. The van der Waals surface area contributed by atoms with E-state index in [2.05, 4.69) is 23.5 Å². The predicted octanol–water partition coefficient (Wildman–Crippen LogP) is 5.55. The Kier molecular flexibility index (Phi) is 7.40. The third-order valence-electron chi connectivity index (χ3n) is 3.93. The largest absolute Gasteiger partial charge is 0.350 e. The van der Waals surface area contributed by atoms with Crippen molar-refractivity contribution in [1.29, 1.82) is 0 Å². The summed E-state index contributed by atoms with van der Waals surface area (Å²) >= 11 is 0. The van der Waals surface area contributed by atoms with Crippen molar-refractivity contribution in [3.8, 4) is 0 Å². The fourth-order valence-corrected chi connectivity index (χ4v) is 2.65. The van der Waals surface area contributed by atoms with E-state index in [1.807, 2.05) is 6.92 Å². The van der Waals surface area contributed by atoms with Crippen LogP contribution in [0.5, 0.6) is 0 Å². The molecule has 128 valence electrons. The number of nitrogens with one attached hydrogen (secondary N) is 1. The van der Waals surface area contributed by atoms with Gasteiger partial charge < -0.3 is 5.32 Å². The molecule has 0 amide bonds. The van der Waals surface area contributed by atoms with E-state index in [4.69, 9.17) is 0 Å². The Morgan fingerprint density at radius 3 is 2.35 bits per heavy atom. The van der Waals surface area contributed by atoms with Crippen molar-refractivity contribution in [1.82, 2.24) is 5.32 Å². The first-order chi connectivity index (χ1) is 10.8. The Hall–Kier alpha value is -1.71. The molecule has 0 unspecified atom stereocenters. The molecular formula is C19H28F2N2. The van der Waals surface area contributed by atoms with E-state index < -0.39 is 5.92 Å². The number of rotatable bonds is 6. The highest BCUT2D eigenvalue weighted by molar-refractivity contribution is 5.81. The molecule has 0 aromatic heterocycles. The number of halogens is 2. The quantitative estimate of drug-likeness (QED) is 0.387. The minimum Gasteiger partial charge on any atom is -0.350 e. The molecule has 0 aromatic carbocycles. The highest BCUT2D eigenvalue weighted by atomic mass is 19.3. The van der Waals surface area contributed by atoms with E-state index in [0.717, 1.165) is 19.8 Å². The molecular weight excluding hydrogens is 294 g/mol. The Bertz CT molecular complexity index is 516. The molecule has 23 heavy (non-hydrogen) atoms. The molecule has 0 radical (unpaired) electrons. The van der Waals surface area contributed by atoms with Gasteiger partial charge in [0, 0.05) is 18.7 Å². The number of amidine groups is 1. The van der Waals surface area contributed by atoms with Gasteiger partial charge in [0.15, 0.2) is 0 Å². The molecule has 2 nitrogen and oxygen atoms in total. The fraction of sp³-hybridized carbons (Fsp3) is 0.526. The van der Waals surface area contributed by atoms with Gasteiger partial charge in [0.2, 0.25) is 0 Å². The van der Waals surface area contributed by atoms with E-state index in [1.54, 1.807) is 19.1 Å². The molecule has 1 aliphatic rings. The van der Waals surface area contributed by atoms with Gasteiger partial charge in [-0.2, -0.15) is 0 Å². The first-order valence-electron chi connectivity index (χ1n) is 8.16. The minimum atomic E-state index is -3.00. The summed E-state index contributed by atoms with van der Waals surface area (Å²) in [6.45, 7) is 12.0. The first-order valence-corrected chi connectivity index (χ1v) is 8.16. The summed E-state index contributed by atoms with van der Waals surface area (Å²) in [6.07, 6.45) is 10.5. The molecule has 0 aliphatic heterocycles. The van der Waals surface area contributed by atoms with Crippen LogP contribution < -0.4 is 5.32 Å². The van der Waals surface area contributed by atoms with Gasteiger partial charge in [-0.05, 0) is 37.8 Å². The number of nitrogens with zero attached hydrogens (tertiary/aromatic N) is 1. The molecule has 0 aromatic rings. The summed E-state index contributed by atoms with van der Waals surface area (Å²) in [4.78, 5) is 4.58. The second-order valence-corrected chi connectivity index (χ2v) is 6.10. The average Bonchev–Trinajstić information content (AvgIpc) is 2.47. The lowest BCUT2D eigenvalue weighted by Crippen LogP contribution is -2.23. The van der Waals surface area contributed by atoms with Gasteiger partial charge in [-0.3, -0.25) is 4.99 Å². The summed E-state index contributed by atoms with van der Waals surface area (Å²) in [5.41, 5.74) is 0.538. The van der Waals surface area contributed by atoms with E-state index in [9.17, 15) is 8.78 Å². The van der Waals surface area contributed by atoms with Crippen molar-refractivity contribution in [2.24, 2.45) is 4.99 Å². The molecule has 0 spiro atoms. The van der Waals surface area contributed by atoms with Crippen LogP contribution in [-0.2, 0) is 0 Å². The number of alkyl halides is 2. The topological polar surface area (TPSA) is 24.4 Å². The van der Waals surface area contributed by atoms with E-state index in [1.165, 1.54) is 25.5 Å². The fourth-order valence-electron chi connectivity index (χ4n) is 2.65. The lowest BCUT2D eigenvalue weighted by atomic mass is 9.96. The van der Waals surface area contributed by atoms with E-state index >= 15 is 0 Å². The van der Waals surface area contributed by atoms with Crippen LogP contribution in [0.15, 0.2) is 53.2 Å². The van der Waals surface area contributed by atoms with Crippen LogP contribution in [0.25, 0.3) is 0 Å².